The molecule has 2 saturated heterocycles. The van der Waals surface area contributed by atoms with E-state index < -0.39 is 0 Å². The number of ether oxygens (including phenoxy) is 1. The second-order valence-corrected chi connectivity index (χ2v) is 9.75. The van der Waals surface area contributed by atoms with E-state index in [1.165, 1.54) is 53.7 Å². The number of pyridine rings is 1. The maximum atomic E-state index is 5.39. The van der Waals surface area contributed by atoms with Crippen LogP contribution in [0.25, 0.3) is 27.8 Å². The summed E-state index contributed by atoms with van der Waals surface area (Å²) in [6, 6.07) is 11.9. The van der Waals surface area contributed by atoms with Gasteiger partial charge in [-0.05, 0) is 80.1 Å². The lowest BCUT2D eigenvalue weighted by Gasteiger charge is -2.41. The van der Waals surface area contributed by atoms with Gasteiger partial charge in [-0.2, -0.15) is 5.10 Å². The van der Waals surface area contributed by atoms with Crippen molar-refractivity contribution < 1.29 is 4.74 Å². The second-order valence-electron chi connectivity index (χ2n) is 9.75. The average molecular weight is 430 g/mol. The van der Waals surface area contributed by atoms with Gasteiger partial charge in [0.05, 0.1) is 24.9 Å². The zero-order chi connectivity index (χ0) is 21.8. The van der Waals surface area contributed by atoms with E-state index in [1.54, 1.807) is 0 Å². The number of aromatic nitrogens is 4. The smallest absolute Gasteiger partial charge is 0.155 e. The lowest BCUT2D eigenvalue weighted by Crippen LogP contribution is -2.51. The highest BCUT2D eigenvalue weighted by molar-refractivity contribution is 5.92. The first-order valence-corrected chi connectivity index (χ1v) is 11.9. The first kappa shape index (κ1) is 19.9. The molecule has 3 aromatic heterocycles. The number of aryl methyl sites for hydroxylation is 1. The summed E-state index contributed by atoms with van der Waals surface area (Å²) in [7, 11) is 0. The molecule has 0 unspecified atom stereocenters. The van der Waals surface area contributed by atoms with Gasteiger partial charge in [-0.3, -0.25) is 4.90 Å². The van der Waals surface area contributed by atoms with Crippen LogP contribution in [0.2, 0.25) is 0 Å². The van der Waals surface area contributed by atoms with Crippen LogP contribution < -0.4 is 0 Å². The van der Waals surface area contributed by atoms with Crippen LogP contribution in [0.5, 0.6) is 0 Å². The Kier molecular flexibility index (Phi) is 4.81. The number of hydrogen-bond donors (Lipinski definition) is 1. The predicted molar refractivity (Wildman–Crippen MR) is 127 cm³/mol. The summed E-state index contributed by atoms with van der Waals surface area (Å²) >= 11 is 0. The summed E-state index contributed by atoms with van der Waals surface area (Å²) in [4.78, 5) is 10.8. The highest BCUT2D eigenvalue weighted by Crippen LogP contribution is 2.38. The minimum atomic E-state index is 0.419. The lowest BCUT2D eigenvalue weighted by molar-refractivity contribution is -0.0712. The Labute approximate surface area is 188 Å². The van der Waals surface area contributed by atoms with E-state index in [2.05, 4.69) is 70.3 Å². The average Bonchev–Trinajstić information content (AvgIpc) is 3.31. The van der Waals surface area contributed by atoms with Crippen molar-refractivity contribution in [2.24, 2.45) is 0 Å². The second kappa shape index (κ2) is 7.71. The number of rotatable bonds is 4. The van der Waals surface area contributed by atoms with Crippen molar-refractivity contribution in [1.82, 2.24) is 24.5 Å². The van der Waals surface area contributed by atoms with Crippen molar-refractivity contribution >= 4 is 16.6 Å². The minimum absolute atomic E-state index is 0.419. The van der Waals surface area contributed by atoms with Crippen LogP contribution in [-0.2, 0) is 4.74 Å². The third-order valence-corrected chi connectivity index (χ3v) is 7.30. The fourth-order valence-electron chi connectivity index (χ4n) is 5.49. The SMILES string of the molecule is Cc1nc2ccc(-c3[nH]c4ccc(C5CCN(C6COC6)CC5)cc4c3C(C)C)cn2n1. The summed E-state index contributed by atoms with van der Waals surface area (Å²) in [5.74, 6) is 1.86. The van der Waals surface area contributed by atoms with Crippen molar-refractivity contribution in [1.29, 1.82) is 0 Å². The number of H-pyrrole nitrogens is 1. The van der Waals surface area contributed by atoms with E-state index >= 15 is 0 Å². The van der Waals surface area contributed by atoms with Crippen molar-refractivity contribution in [3.63, 3.8) is 0 Å². The number of likely N-dealkylation sites (tertiary alicyclic amines) is 1. The number of fused-ring (bicyclic) bond motifs is 2. The Morgan fingerprint density at radius 3 is 2.62 bits per heavy atom. The molecule has 2 aliphatic rings. The standard InChI is InChI=1S/C26H31N5O/c1-16(2)25-22-12-19(18-8-10-30(11-9-18)21-14-32-15-21)4-6-23(22)28-26(25)20-5-7-24-27-17(3)29-31(24)13-20/h4-7,12-13,16,18,21,28H,8-11,14-15H2,1-3H3. The van der Waals surface area contributed by atoms with Crippen LogP contribution in [0.3, 0.4) is 0 Å². The van der Waals surface area contributed by atoms with Crippen molar-refractivity contribution in [3.05, 3.63) is 53.5 Å². The first-order chi connectivity index (χ1) is 15.6. The highest BCUT2D eigenvalue weighted by Gasteiger charge is 2.30. The molecule has 2 aliphatic heterocycles. The maximum absolute atomic E-state index is 5.39. The molecule has 6 heteroatoms. The maximum Gasteiger partial charge on any atom is 0.155 e. The summed E-state index contributed by atoms with van der Waals surface area (Å²) in [6.45, 7) is 10.7. The lowest BCUT2D eigenvalue weighted by atomic mass is 9.87. The molecule has 2 fully saturated rings. The van der Waals surface area contributed by atoms with Crippen LogP contribution in [0.4, 0.5) is 0 Å². The van der Waals surface area contributed by atoms with E-state index in [0.717, 1.165) is 30.2 Å². The van der Waals surface area contributed by atoms with Gasteiger partial charge in [-0.1, -0.05) is 19.9 Å². The third-order valence-electron chi connectivity index (χ3n) is 7.30. The zero-order valence-electron chi connectivity index (χ0n) is 19.1. The van der Waals surface area contributed by atoms with E-state index in [9.17, 15) is 0 Å². The number of hydrogen-bond acceptors (Lipinski definition) is 4. The monoisotopic (exact) mass is 429 g/mol. The predicted octanol–water partition coefficient (Wildman–Crippen LogP) is 4.89. The normalized spacial score (nSPS) is 18.8. The molecule has 6 nitrogen and oxygen atoms in total. The van der Waals surface area contributed by atoms with Crippen LogP contribution in [0.1, 0.15) is 55.5 Å². The molecule has 5 heterocycles. The van der Waals surface area contributed by atoms with Crippen LogP contribution in [0, 0.1) is 6.92 Å². The van der Waals surface area contributed by atoms with E-state index in [-0.39, 0.29) is 0 Å². The molecule has 1 aromatic carbocycles. The number of nitrogens with one attached hydrogen (secondary N) is 1. The van der Waals surface area contributed by atoms with Crippen molar-refractivity contribution in [2.75, 3.05) is 26.3 Å². The molecule has 32 heavy (non-hydrogen) atoms. The van der Waals surface area contributed by atoms with Crippen molar-refractivity contribution in [2.45, 2.75) is 51.5 Å². The molecule has 4 aromatic rings. The molecule has 0 aliphatic carbocycles. The van der Waals surface area contributed by atoms with Gasteiger partial charge in [-0.15, -0.1) is 0 Å². The van der Waals surface area contributed by atoms with E-state index in [0.29, 0.717) is 17.9 Å². The Morgan fingerprint density at radius 2 is 1.91 bits per heavy atom. The van der Waals surface area contributed by atoms with E-state index in [4.69, 9.17) is 4.74 Å². The minimum Gasteiger partial charge on any atom is -0.378 e. The molecule has 0 bridgehead atoms. The van der Waals surface area contributed by atoms with Crippen molar-refractivity contribution in [3.8, 4) is 11.3 Å². The van der Waals surface area contributed by atoms with Crippen LogP contribution >= 0.6 is 0 Å². The molecule has 0 saturated carbocycles. The van der Waals surface area contributed by atoms with Gasteiger partial charge in [0.2, 0.25) is 0 Å². The molecule has 6 rings (SSSR count). The van der Waals surface area contributed by atoms with Gasteiger partial charge in [0.25, 0.3) is 0 Å². The molecular weight excluding hydrogens is 398 g/mol. The third kappa shape index (κ3) is 3.33. The van der Waals surface area contributed by atoms with Gasteiger partial charge >= 0.3 is 0 Å². The number of aromatic amines is 1. The summed E-state index contributed by atoms with van der Waals surface area (Å²) in [6.07, 6.45) is 4.56. The fraction of sp³-hybridized carbons (Fsp3) is 0.462. The highest BCUT2D eigenvalue weighted by atomic mass is 16.5. The topological polar surface area (TPSA) is 58.5 Å². The van der Waals surface area contributed by atoms with Gasteiger partial charge in [0.15, 0.2) is 5.65 Å². The summed E-state index contributed by atoms with van der Waals surface area (Å²) < 4.78 is 7.27. The van der Waals surface area contributed by atoms with Gasteiger partial charge in [0, 0.05) is 22.7 Å². The Bertz CT molecular complexity index is 1270. The number of piperidine rings is 1. The first-order valence-electron chi connectivity index (χ1n) is 11.9. The molecule has 0 spiro atoms. The quantitative estimate of drug-likeness (QED) is 0.502. The van der Waals surface area contributed by atoms with Crippen LogP contribution in [0.15, 0.2) is 36.5 Å². The Balaban J connectivity index is 1.35. The van der Waals surface area contributed by atoms with Crippen LogP contribution in [-0.4, -0.2) is 56.8 Å². The van der Waals surface area contributed by atoms with Gasteiger partial charge in [-0.25, -0.2) is 9.50 Å². The van der Waals surface area contributed by atoms with E-state index in [1.807, 2.05) is 11.4 Å². The number of nitrogens with zero attached hydrogens (tertiary/aromatic N) is 4. The fourth-order valence-corrected chi connectivity index (χ4v) is 5.49. The Hall–Kier alpha value is -2.70. The molecule has 166 valence electrons. The molecule has 0 amide bonds. The Morgan fingerprint density at radius 1 is 1.09 bits per heavy atom. The zero-order valence-corrected chi connectivity index (χ0v) is 19.1. The molecule has 0 radical (unpaired) electrons. The summed E-state index contributed by atoms with van der Waals surface area (Å²) in [5, 5.41) is 5.87. The largest absolute Gasteiger partial charge is 0.378 e. The van der Waals surface area contributed by atoms with Gasteiger partial charge in [0.1, 0.15) is 5.82 Å². The van der Waals surface area contributed by atoms with Gasteiger partial charge < -0.3 is 9.72 Å². The molecule has 0 atom stereocenters. The molecule has 1 N–H and O–H groups in total. The molecular formula is C26H31N5O. The summed E-state index contributed by atoms with van der Waals surface area (Å²) in [5.41, 5.74) is 7.32. The number of benzene rings is 1.